The SMILES string of the molecule is CCNCC(=O)c1cccc(C)c1C. The molecule has 0 heterocycles. The highest BCUT2D eigenvalue weighted by molar-refractivity contribution is 5.99. The highest BCUT2D eigenvalue weighted by atomic mass is 16.1. The van der Waals surface area contributed by atoms with Gasteiger partial charge in [0.2, 0.25) is 0 Å². The van der Waals surface area contributed by atoms with Crippen LogP contribution >= 0.6 is 0 Å². The molecular formula is C12H17NO. The standard InChI is InChI=1S/C12H17NO/c1-4-13-8-12(14)11-7-5-6-9(2)10(11)3/h5-7,13H,4,8H2,1-3H3. The van der Waals surface area contributed by atoms with Crippen molar-refractivity contribution in [1.82, 2.24) is 5.32 Å². The first-order chi connectivity index (χ1) is 6.66. The molecule has 0 fully saturated rings. The van der Waals surface area contributed by atoms with Crippen molar-refractivity contribution in [2.24, 2.45) is 0 Å². The number of carbonyl (C=O) groups excluding carboxylic acids is 1. The minimum atomic E-state index is 0.174. The molecule has 1 aromatic rings. The van der Waals surface area contributed by atoms with E-state index >= 15 is 0 Å². The molecule has 0 unspecified atom stereocenters. The topological polar surface area (TPSA) is 29.1 Å². The van der Waals surface area contributed by atoms with Gasteiger partial charge in [-0.15, -0.1) is 0 Å². The number of hydrogen-bond donors (Lipinski definition) is 1. The molecule has 0 aromatic heterocycles. The lowest BCUT2D eigenvalue weighted by molar-refractivity contribution is 0.0991. The molecule has 1 rings (SSSR count). The summed E-state index contributed by atoms with van der Waals surface area (Å²) in [5.74, 6) is 0.174. The fraction of sp³-hybridized carbons (Fsp3) is 0.417. The van der Waals surface area contributed by atoms with Gasteiger partial charge in [-0.3, -0.25) is 4.79 Å². The van der Waals surface area contributed by atoms with Crippen molar-refractivity contribution >= 4 is 5.78 Å². The minimum absolute atomic E-state index is 0.174. The number of likely N-dealkylation sites (N-methyl/N-ethyl adjacent to an activating group) is 1. The average molecular weight is 191 g/mol. The Kier molecular flexibility index (Phi) is 3.84. The lowest BCUT2D eigenvalue weighted by Crippen LogP contribution is -2.23. The van der Waals surface area contributed by atoms with Gasteiger partial charge in [0, 0.05) is 5.56 Å². The Labute approximate surface area is 85.3 Å². The Morgan fingerprint density at radius 3 is 2.71 bits per heavy atom. The Bertz CT molecular complexity index is 331. The molecule has 0 atom stereocenters. The molecule has 1 N–H and O–H groups in total. The van der Waals surface area contributed by atoms with Crippen LogP contribution in [0.4, 0.5) is 0 Å². The van der Waals surface area contributed by atoms with E-state index in [1.165, 1.54) is 5.56 Å². The molecule has 0 aliphatic heterocycles. The molecule has 0 aliphatic carbocycles. The summed E-state index contributed by atoms with van der Waals surface area (Å²) in [7, 11) is 0. The lowest BCUT2D eigenvalue weighted by Gasteiger charge is -2.07. The minimum Gasteiger partial charge on any atom is -0.310 e. The molecule has 2 nitrogen and oxygen atoms in total. The number of carbonyl (C=O) groups is 1. The Hall–Kier alpha value is -1.15. The van der Waals surface area contributed by atoms with Crippen LogP contribution in [0.5, 0.6) is 0 Å². The molecule has 0 radical (unpaired) electrons. The molecule has 0 aliphatic rings. The van der Waals surface area contributed by atoms with Crippen LogP contribution in [0.25, 0.3) is 0 Å². The van der Waals surface area contributed by atoms with Crippen molar-refractivity contribution in [3.8, 4) is 0 Å². The highest BCUT2D eigenvalue weighted by Crippen LogP contribution is 2.12. The molecule has 1 aromatic carbocycles. The number of hydrogen-bond acceptors (Lipinski definition) is 2. The summed E-state index contributed by atoms with van der Waals surface area (Å²) in [6, 6.07) is 5.85. The van der Waals surface area contributed by atoms with Crippen molar-refractivity contribution in [3.63, 3.8) is 0 Å². The van der Waals surface area contributed by atoms with E-state index in [1.807, 2.05) is 39.0 Å². The van der Waals surface area contributed by atoms with Crippen molar-refractivity contribution in [1.29, 1.82) is 0 Å². The second-order valence-electron chi connectivity index (χ2n) is 3.45. The van der Waals surface area contributed by atoms with Crippen molar-refractivity contribution < 1.29 is 4.79 Å². The maximum atomic E-state index is 11.7. The monoisotopic (exact) mass is 191 g/mol. The van der Waals surface area contributed by atoms with E-state index in [2.05, 4.69) is 5.32 Å². The number of aryl methyl sites for hydroxylation is 1. The molecule has 2 heteroatoms. The summed E-state index contributed by atoms with van der Waals surface area (Å²) in [6.07, 6.45) is 0. The van der Waals surface area contributed by atoms with Crippen molar-refractivity contribution in [2.75, 3.05) is 13.1 Å². The number of Topliss-reactive ketones (excluding diaryl/α,β-unsaturated/α-hetero) is 1. The predicted octanol–water partition coefficient (Wildman–Crippen LogP) is 2.10. The normalized spacial score (nSPS) is 10.2. The van der Waals surface area contributed by atoms with Gasteiger partial charge >= 0.3 is 0 Å². The fourth-order valence-corrected chi connectivity index (χ4v) is 1.39. The second-order valence-corrected chi connectivity index (χ2v) is 3.45. The maximum Gasteiger partial charge on any atom is 0.176 e. The van der Waals surface area contributed by atoms with Gasteiger partial charge < -0.3 is 5.32 Å². The van der Waals surface area contributed by atoms with Gasteiger partial charge in [0.1, 0.15) is 0 Å². The van der Waals surface area contributed by atoms with E-state index in [-0.39, 0.29) is 5.78 Å². The van der Waals surface area contributed by atoms with Crippen LogP contribution in [0.15, 0.2) is 18.2 Å². The third-order valence-electron chi connectivity index (χ3n) is 2.44. The molecule has 0 amide bonds. The Morgan fingerprint density at radius 1 is 1.36 bits per heavy atom. The Balaban J connectivity index is 2.84. The van der Waals surface area contributed by atoms with Gasteiger partial charge in [-0.1, -0.05) is 25.1 Å². The van der Waals surface area contributed by atoms with Gasteiger partial charge in [-0.05, 0) is 31.5 Å². The summed E-state index contributed by atoms with van der Waals surface area (Å²) in [6.45, 7) is 7.28. The lowest BCUT2D eigenvalue weighted by atomic mass is 10.0. The van der Waals surface area contributed by atoms with Crippen LogP contribution in [-0.2, 0) is 0 Å². The quantitative estimate of drug-likeness (QED) is 0.738. The Morgan fingerprint density at radius 2 is 2.07 bits per heavy atom. The van der Waals surface area contributed by atoms with Crippen molar-refractivity contribution in [3.05, 3.63) is 34.9 Å². The van der Waals surface area contributed by atoms with Gasteiger partial charge in [0.15, 0.2) is 5.78 Å². The number of benzene rings is 1. The first-order valence-corrected chi connectivity index (χ1v) is 4.97. The van der Waals surface area contributed by atoms with Gasteiger partial charge in [-0.2, -0.15) is 0 Å². The smallest absolute Gasteiger partial charge is 0.176 e. The van der Waals surface area contributed by atoms with E-state index in [9.17, 15) is 4.79 Å². The zero-order valence-corrected chi connectivity index (χ0v) is 9.05. The molecule has 14 heavy (non-hydrogen) atoms. The van der Waals surface area contributed by atoms with Gasteiger partial charge in [0.05, 0.1) is 6.54 Å². The van der Waals surface area contributed by atoms with Crippen LogP contribution in [0.2, 0.25) is 0 Å². The summed E-state index contributed by atoms with van der Waals surface area (Å²) < 4.78 is 0. The first kappa shape index (κ1) is 10.9. The van der Waals surface area contributed by atoms with E-state index in [0.29, 0.717) is 6.54 Å². The van der Waals surface area contributed by atoms with Crippen LogP contribution < -0.4 is 5.32 Å². The predicted molar refractivity (Wildman–Crippen MR) is 58.8 cm³/mol. The highest BCUT2D eigenvalue weighted by Gasteiger charge is 2.08. The van der Waals surface area contributed by atoms with E-state index in [1.54, 1.807) is 0 Å². The molecule has 76 valence electrons. The molecule has 0 bridgehead atoms. The van der Waals surface area contributed by atoms with E-state index in [0.717, 1.165) is 17.7 Å². The first-order valence-electron chi connectivity index (χ1n) is 4.97. The molecule has 0 saturated heterocycles. The van der Waals surface area contributed by atoms with Crippen LogP contribution in [0.1, 0.15) is 28.4 Å². The number of rotatable bonds is 4. The summed E-state index contributed by atoms with van der Waals surface area (Å²) >= 11 is 0. The molecule has 0 saturated carbocycles. The fourth-order valence-electron chi connectivity index (χ4n) is 1.39. The largest absolute Gasteiger partial charge is 0.310 e. The zero-order valence-electron chi connectivity index (χ0n) is 9.05. The van der Waals surface area contributed by atoms with Gasteiger partial charge in [0.25, 0.3) is 0 Å². The van der Waals surface area contributed by atoms with Gasteiger partial charge in [-0.25, -0.2) is 0 Å². The summed E-state index contributed by atoms with van der Waals surface area (Å²) in [4.78, 5) is 11.7. The van der Waals surface area contributed by atoms with Crippen LogP contribution in [0.3, 0.4) is 0 Å². The summed E-state index contributed by atoms with van der Waals surface area (Å²) in [5, 5.41) is 3.04. The van der Waals surface area contributed by atoms with E-state index < -0.39 is 0 Å². The van der Waals surface area contributed by atoms with E-state index in [4.69, 9.17) is 0 Å². The van der Waals surface area contributed by atoms with Crippen molar-refractivity contribution in [2.45, 2.75) is 20.8 Å². The maximum absolute atomic E-state index is 11.7. The third kappa shape index (κ3) is 2.42. The zero-order chi connectivity index (χ0) is 10.6. The molecular weight excluding hydrogens is 174 g/mol. The summed E-state index contributed by atoms with van der Waals surface area (Å²) in [5.41, 5.74) is 3.11. The second kappa shape index (κ2) is 4.91. The average Bonchev–Trinajstić information content (AvgIpc) is 2.18. The number of ketones is 1. The number of nitrogens with one attached hydrogen (secondary N) is 1. The third-order valence-corrected chi connectivity index (χ3v) is 2.44. The van der Waals surface area contributed by atoms with Crippen LogP contribution in [0, 0.1) is 13.8 Å². The molecule has 0 spiro atoms. The van der Waals surface area contributed by atoms with Crippen LogP contribution in [-0.4, -0.2) is 18.9 Å².